The number of aliphatic carboxylic acids is 1. The zero-order chi connectivity index (χ0) is 38.4. The minimum atomic E-state index is -4.78. The summed E-state index contributed by atoms with van der Waals surface area (Å²) in [4.78, 5) is 43.3. The van der Waals surface area contributed by atoms with E-state index in [2.05, 4.69) is 26.3 Å². The highest BCUT2D eigenvalue weighted by Gasteiger charge is 2.33. The molecule has 0 bridgehead atoms. The second-order valence-electron chi connectivity index (χ2n) is 12.2. The lowest BCUT2D eigenvalue weighted by molar-refractivity contribution is -0.139. The van der Waals surface area contributed by atoms with Gasteiger partial charge in [-0.25, -0.2) is 8.42 Å². The number of halogens is 3. The molecule has 8 N–H and O–H groups in total. The number of sulfonamides is 1. The highest BCUT2D eigenvalue weighted by Crippen LogP contribution is 2.34. The summed E-state index contributed by atoms with van der Waals surface area (Å²) in [7, 11) is -4.48. The maximum absolute atomic E-state index is 13.9. The third kappa shape index (κ3) is 12.8. The third-order valence-corrected chi connectivity index (χ3v) is 9.75. The van der Waals surface area contributed by atoms with Gasteiger partial charge in [0, 0.05) is 68.7 Å². The van der Waals surface area contributed by atoms with E-state index in [1.165, 1.54) is 18.2 Å². The van der Waals surface area contributed by atoms with Crippen molar-refractivity contribution in [3.05, 3.63) is 59.2 Å². The number of carboxylic acid groups (broad SMARTS) is 1. The van der Waals surface area contributed by atoms with E-state index in [1.807, 2.05) is 4.72 Å². The Bertz CT molecular complexity index is 1690. The average molecular weight is 771 g/mol. The molecule has 1 saturated heterocycles. The van der Waals surface area contributed by atoms with E-state index in [0.29, 0.717) is 70.9 Å². The summed E-state index contributed by atoms with van der Waals surface area (Å²) >= 11 is 0. The molecule has 1 fully saturated rings. The molecule has 20 heteroatoms. The molecule has 292 valence electrons. The number of rotatable bonds is 18. The molecule has 4 rings (SSSR count). The lowest BCUT2D eigenvalue weighted by Crippen LogP contribution is -2.50. The van der Waals surface area contributed by atoms with Crippen molar-refractivity contribution in [2.24, 2.45) is 10.7 Å². The van der Waals surface area contributed by atoms with E-state index >= 15 is 0 Å². The van der Waals surface area contributed by atoms with Gasteiger partial charge in [0.15, 0.2) is 5.96 Å². The van der Waals surface area contributed by atoms with Crippen molar-refractivity contribution in [3.8, 4) is 0 Å². The average Bonchev–Trinajstić information content (AvgIpc) is 3.14. The molecule has 1 atom stereocenters. The molecular formula is C33H45F3N8O8S. The van der Waals surface area contributed by atoms with E-state index < -0.39 is 52.1 Å². The standard InChI is InChI=1S/C33H45F3N8O8S/c34-33(35,36)24-18-23(19-26(20-24)44-12-6-25(7-13-44)42-32-39-9-1-10-40-32)30(46)41-21-28(31(47)48)43-53(49,50)27-4-2-22(3-5-27)29(45)38-11-15-52-17-16-51-14-8-37/h2-5,18-20,25,28,43H,1,6-17,21,37H2,(H,38,45)(H,41,46)(H,47,48)(H2,39,40,42)/t28-/m0/s1. The van der Waals surface area contributed by atoms with Crippen LogP contribution in [0.3, 0.4) is 0 Å². The Hall–Kier alpha value is -4.50. The Morgan fingerprint density at radius 2 is 1.66 bits per heavy atom. The largest absolute Gasteiger partial charge is 0.480 e. The first-order valence-corrected chi connectivity index (χ1v) is 18.5. The minimum Gasteiger partial charge on any atom is -0.480 e. The summed E-state index contributed by atoms with van der Waals surface area (Å²) in [5.41, 5.74) is 4.18. The number of nitrogens with two attached hydrogens (primary N) is 1. The zero-order valence-corrected chi connectivity index (χ0v) is 29.7. The van der Waals surface area contributed by atoms with Gasteiger partial charge >= 0.3 is 12.1 Å². The Morgan fingerprint density at radius 1 is 0.981 bits per heavy atom. The second-order valence-corrected chi connectivity index (χ2v) is 13.9. The van der Waals surface area contributed by atoms with Gasteiger partial charge in [-0.1, -0.05) is 0 Å². The summed E-state index contributed by atoms with van der Waals surface area (Å²) in [6.07, 6.45) is -2.63. The molecule has 0 unspecified atom stereocenters. The number of nitrogens with one attached hydrogen (secondary N) is 5. The first-order valence-electron chi connectivity index (χ1n) is 17.1. The summed E-state index contributed by atoms with van der Waals surface area (Å²) in [5, 5.41) is 21.1. The molecule has 2 aromatic carbocycles. The van der Waals surface area contributed by atoms with Crippen molar-refractivity contribution in [1.82, 2.24) is 26.0 Å². The number of guanidine groups is 1. The van der Waals surface area contributed by atoms with Gasteiger partial charge in [0.25, 0.3) is 11.8 Å². The fourth-order valence-electron chi connectivity index (χ4n) is 5.45. The summed E-state index contributed by atoms with van der Waals surface area (Å²) in [5.74, 6) is -2.47. The first-order chi connectivity index (χ1) is 25.3. The van der Waals surface area contributed by atoms with Crippen molar-refractivity contribution >= 4 is 39.5 Å². The van der Waals surface area contributed by atoms with Crippen LogP contribution in [-0.2, 0) is 30.5 Å². The molecule has 0 radical (unpaired) electrons. The van der Waals surface area contributed by atoms with Gasteiger partial charge in [-0.3, -0.25) is 19.4 Å². The van der Waals surface area contributed by atoms with E-state index in [0.717, 1.165) is 31.2 Å². The van der Waals surface area contributed by atoms with Crippen LogP contribution in [-0.4, -0.2) is 122 Å². The Kier molecular flexibility index (Phi) is 15.2. The number of benzene rings is 2. The number of carbonyl (C=O) groups is 3. The summed E-state index contributed by atoms with van der Waals surface area (Å²) in [6, 6.07) is 5.75. The number of aliphatic imine (C=N–C) groups is 1. The number of ether oxygens (including phenoxy) is 2. The number of alkyl halides is 3. The van der Waals surface area contributed by atoms with Crippen molar-refractivity contribution in [1.29, 1.82) is 0 Å². The SMILES string of the molecule is NCCOCCOCCNC(=O)c1ccc(S(=O)(=O)N[C@@H](CNC(=O)c2cc(N3CCC(NC4=NCCCN4)CC3)cc(C(F)(F)F)c2)C(=O)O)cc1. The molecule has 0 spiro atoms. The third-order valence-electron chi connectivity index (χ3n) is 8.26. The number of hydrogen-bond donors (Lipinski definition) is 7. The second kappa shape index (κ2) is 19.5. The molecule has 16 nitrogen and oxygen atoms in total. The van der Waals surface area contributed by atoms with Crippen LogP contribution in [0, 0.1) is 0 Å². The van der Waals surface area contributed by atoms with Gasteiger partial charge in [-0.15, -0.1) is 0 Å². The highest BCUT2D eigenvalue weighted by atomic mass is 32.2. The maximum Gasteiger partial charge on any atom is 0.416 e. The number of anilines is 1. The normalized spacial score (nSPS) is 15.9. The number of amides is 2. The number of nitrogens with zero attached hydrogens (tertiary/aromatic N) is 2. The van der Waals surface area contributed by atoms with E-state index in [-0.39, 0.29) is 40.9 Å². The smallest absolute Gasteiger partial charge is 0.416 e. The molecule has 2 heterocycles. The zero-order valence-electron chi connectivity index (χ0n) is 28.9. The monoisotopic (exact) mass is 770 g/mol. The number of hydrogen-bond acceptors (Lipinski definition) is 12. The van der Waals surface area contributed by atoms with Gasteiger partial charge in [0.05, 0.1) is 36.9 Å². The van der Waals surface area contributed by atoms with Gasteiger partial charge in [-0.2, -0.15) is 17.9 Å². The highest BCUT2D eigenvalue weighted by molar-refractivity contribution is 7.89. The quantitative estimate of drug-likeness (QED) is 0.103. The number of carbonyl (C=O) groups excluding carboxylic acids is 2. The van der Waals surface area contributed by atoms with Crippen LogP contribution in [0.1, 0.15) is 45.5 Å². The molecule has 2 aliphatic heterocycles. The molecule has 2 aliphatic rings. The fraction of sp³-hybridized carbons (Fsp3) is 0.515. The number of piperidine rings is 1. The van der Waals surface area contributed by atoms with Crippen molar-refractivity contribution in [3.63, 3.8) is 0 Å². The number of carboxylic acids is 1. The molecule has 2 aromatic rings. The van der Waals surface area contributed by atoms with Crippen LogP contribution >= 0.6 is 0 Å². The Morgan fingerprint density at radius 3 is 2.28 bits per heavy atom. The molecule has 0 aromatic heterocycles. The summed E-state index contributed by atoms with van der Waals surface area (Å²) in [6.45, 7) is 3.41. The van der Waals surface area contributed by atoms with Crippen molar-refractivity contribution in [2.45, 2.75) is 42.4 Å². The van der Waals surface area contributed by atoms with Crippen LogP contribution in [0.2, 0.25) is 0 Å². The minimum absolute atomic E-state index is 0.0622. The fourth-order valence-corrected chi connectivity index (χ4v) is 6.64. The Balaban J connectivity index is 1.33. The predicted molar refractivity (Wildman–Crippen MR) is 188 cm³/mol. The predicted octanol–water partition coefficient (Wildman–Crippen LogP) is 0.496. The van der Waals surface area contributed by atoms with Crippen LogP contribution in [0.4, 0.5) is 18.9 Å². The van der Waals surface area contributed by atoms with E-state index in [9.17, 15) is 41.1 Å². The van der Waals surface area contributed by atoms with Crippen molar-refractivity contribution in [2.75, 3.05) is 77.1 Å². The van der Waals surface area contributed by atoms with Crippen LogP contribution in [0.15, 0.2) is 52.4 Å². The van der Waals surface area contributed by atoms with E-state index in [1.54, 1.807) is 4.90 Å². The van der Waals surface area contributed by atoms with Gasteiger partial charge in [0.2, 0.25) is 10.0 Å². The molecular weight excluding hydrogens is 725 g/mol. The van der Waals surface area contributed by atoms with Gasteiger partial charge < -0.3 is 46.5 Å². The lowest BCUT2D eigenvalue weighted by atomic mass is 10.0. The Labute approximate surface area is 305 Å². The van der Waals surface area contributed by atoms with Gasteiger partial charge in [-0.05, 0) is 61.7 Å². The first kappa shape index (κ1) is 41.3. The van der Waals surface area contributed by atoms with Crippen LogP contribution < -0.4 is 36.6 Å². The van der Waals surface area contributed by atoms with Crippen molar-refractivity contribution < 1.29 is 50.6 Å². The molecule has 0 saturated carbocycles. The summed E-state index contributed by atoms with van der Waals surface area (Å²) < 4.78 is 80.2. The maximum atomic E-state index is 13.9. The molecule has 2 amide bonds. The molecule has 0 aliphatic carbocycles. The van der Waals surface area contributed by atoms with Gasteiger partial charge in [0.1, 0.15) is 6.04 Å². The van der Waals surface area contributed by atoms with E-state index in [4.69, 9.17) is 15.2 Å². The topological polar surface area (TPSA) is 226 Å². The molecule has 53 heavy (non-hydrogen) atoms. The lowest BCUT2D eigenvalue weighted by Gasteiger charge is -2.35. The van der Waals surface area contributed by atoms with Crippen LogP contribution in [0.5, 0.6) is 0 Å². The van der Waals surface area contributed by atoms with Crippen LogP contribution in [0.25, 0.3) is 0 Å².